The van der Waals surface area contributed by atoms with Gasteiger partial charge in [0.15, 0.2) is 0 Å². The first-order valence-corrected chi connectivity index (χ1v) is 7.65. The van der Waals surface area contributed by atoms with Crippen LogP contribution in [0.1, 0.15) is 30.3 Å². The minimum atomic E-state index is 0.446. The molecule has 3 nitrogen and oxygen atoms in total. The maximum absolute atomic E-state index is 6.14. The van der Waals surface area contributed by atoms with Crippen LogP contribution in [0.4, 0.5) is 0 Å². The van der Waals surface area contributed by atoms with Crippen molar-refractivity contribution in [3.63, 3.8) is 0 Å². The molecular formula is C15H16BrClN2O. The molecule has 0 N–H and O–H groups in total. The van der Waals surface area contributed by atoms with E-state index in [1.165, 1.54) is 0 Å². The highest BCUT2D eigenvalue weighted by atomic mass is 79.9. The second-order valence-corrected chi connectivity index (χ2v) is 5.86. The zero-order valence-corrected chi connectivity index (χ0v) is 14.0. The van der Waals surface area contributed by atoms with Gasteiger partial charge in [0.05, 0.1) is 4.47 Å². The van der Waals surface area contributed by atoms with Crippen LogP contribution in [0.25, 0.3) is 0 Å². The van der Waals surface area contributed by atoms with Gasteiger partial charge in [0.25, 0.3) is 0 Å². The Morgan fingerprint density at radius 3 is 2.65 bits per heavy atom. The van der Waals surface area contributed by atoms with Gasteiger partial charge in [-0.15, -0.1) is 0 Å². The summed E-state index contributed by atoms with van der Waals surface area (Å²) in [4.78, 5) is 8.71. The Hall–Kier alpha value is -1.13. The van der Waals surface area contributed by atoms with Crippen LogP contribution in [-0.4, -0.2) is 9.97 Å². The summed E-state index contributed by atoms with van der Waals surface area (Å²) in [5, 5.41) is 0.446. The van der Waals surface area contributed by atoms with Crippen LogP contribution in [0, 0.1) is 13.8 Å². The monoisotopic (exact) mass is 354 g/mol. The fourth-order valence-electron chi connectivity index (χ4n) is 1.74. The summed E-state index contributed by atoms with van der Waals surface area (Å²) in [7, 11) is 0. The largest absolute Gasteiger partial charge is 0.437 e. The molecule has 1 aromatic heterocycles. The molecular weight excluding hydrogens is 340 g/mol. The number of hydrogen-bond donors (Lipinski definition) is 0. The Morgan fingerprint density at radius 2 is 2.00 bits per heavy atom. The van der Waals surface area contributed by atoms with Gasteiger partial charge in [-0.05, 0) is 53.9 Å². The van der Waals surface area contributed by atoms with E-state index in [2.05, 4.69) is 32.8 Å². The summed E-state index contributed by atoms with van der Waals surface area (Å²) < 4.78 is 6.77. The lowest BCUT2D eigenvalue weighted by molar-refractivity contribution is 0.451. The summed E-state index contributed by atoms with van der Waals surface area (Å²) in [6.45, 7) is 5.96. The van der Waals surface area contributed by atoms with E-state index in [4.69, 9.17) is 16.3 Å². The predicted octanol–water partition coefficient (Wildman–Crippen LogP) is 5.25. The average molecular weight is 356 g/mol. The molecule has 2 aromatic rings. The van der Waals surface area contributed by atoms with Crippen molar-refractivity contribution >= 4 is 27.5 Å². The van der Waals surface area contributed by atoms with E-state index in [-0.39, 0.29) is 0 Å². The number of hydrogen-bond acceptors (Lipinski definition) is 3. The normalized spacial score (nSPS) is 10.7. The molecule has 20 heavy (non-hydrogen) atoms. The molecule has 106 valence electrons. The van der Waals surface area contributed by atoms with E-state index in [0.29, 0.717) is 16.9 Å². The molecule has 5 heteroatoms. The van der Waals surface area contributed by atoms with E-state index in [0.717, 1.165) is 34.2 Å². The predicted molar refractivity (Wildman–Crippen MR) is 84.7 cm³/mol. The Bertz CT molecular complexity index is 632. The maximum atomic E-state index is 6.14. The van der Waals surface area contributed by atoms with E-state index in [1.54, 1.807) is 0 Å². The van der Waals surface area contributed by atoms with Gasteiger partial charge >= 0.3 is 0 Å². The zero-order valence-electron chi connectivity index (χ0n) is 11.7. The molecule has 0 aliphatic carbocycles. The first-order chi connectivity index (χ1) is 9.51. The van der Waals surface area contributed by atoms with Crippen molar-refractivity contribution in [2.24, 2.45) is 0 Å². The highest BCUT2D eigenvalue weighted by Gasteiger charge is 2.12. The van der Waals surface area contributed by atoms with Crippen LogP contribution in [0.2, 0.25) is 5.15 Å². The fourth-order valence-corrected chi connectivity index (χ4v) is 2.49. The minimum absolute atomic E-state index is 0.446. The van der Waals surface area contributed by atoms with Crippen molar-refractivity contribution in [1.82, 2.24) is 9.97 Å². The molecule has 0 saturated carbocycles. The van der Waals surface area contributed by atoms with Crippen LogP contribution in [0.5, 0.6) is 11.6 Å². The van der Waals surface area contributed by atoms with Gasteiger partial charge in [-0.1, -0.05) is 24.6 Å². The SMILES string of the molecule is CCCc1nc(Cl)c(C)c(Oc2ccc(C)cc2Br)n1. The third-order valence-corrected chi connectivity index (χ3v) is 3.84. The molecule has 0 aliphatic heterocycles. The summed E-state index contributed by atoms with van der Waals surface area (Å²) >= 11 is 9.64. The van der Waals surface area contributed by atoms with Gasteiger partial charge in [0, 0.05) is 12.0 Å². The van der Waals surface area contributed by atoms with Crippen LogP contribution in [0.15, 0.2) is 22.7 Å². The molecule has 0 spiro atoms. The number of ether oxygens (including phenoxy) is 1. The molecule has 0 unspecified atom stereocenters. The van der Waals surface area contributed by atoms with Crippen molar-refractivity contribution in [1.29, 1.82) is 0 Å². The van der Waals surface area contributed by atoms with E-state index >= 15 is 0 Å². The zero-order chi connectivity index (χ0) is 14.7. The first-order valence-electron chi connectivity index (χ1n) is 6.48. The minimum Gasteiger partial charge on any atom is -0.437 e. The second kappa shape index (κ2) is 6.55. The lowest BCUT2D eigenvalue weighted by atomic mass is 10.2. The van der Waals surface area contributed by atoms with Crippen molar-refractivity contribution in [2.75, 3.05) is 0 Å². The van der Waals surface area contributed by atoms with Gasteiger partial charge < -0.3 is 4.74 Å². The summed E-state index contributed by atoms with van der Waals surface area (Å²) in [5.74, 6) is 1.94. The summed E-state index contributed by atoms with van der Waals surface area (Å²) in [6, 6.07) is 5.90. The van der Waals surface area contributed by atoms with Gasteiger partial charge in [0.2, 0.25) is 5.88 Å². The standard InChI is InChI=1S/C15H16BrClN2O/c1-4-5-13-18-14(17)10(3)15(19-13)20-12-7-6-9(2)8-11(12)16/h6-8H,4-5H2,1-3H3. The molecule has 0 radical (unpaired) electrons. The van der Waals surface area contributed by atoms with Gasteiger partial charge in [-0.3, -0.25) is 0 Å². The topological polar surface area (TPSA) is 35.0 Å². The summed E-state index contributed by atoms with van der Waals surface area (Å²) in [6.07, 6.45) is 1.75. The van der Waals surface area contributed by atoms with Crippen molar-refractivity contribution in [3.05, 3.63) is 44.8 Å². The van der Waals surface area contributed by atoms with Gasteiger partial charge in [-0.2, -0.15) is 4.98 Å². The molecule has 0 atom stereocenters. The van der Waals surface area contributed by atoms with Gasteiger partial charge in [0.1, 0.15) is 16.7 Å². The lowest BCUT2D eigenvalue weighted by Crippen LogP contribution is -2.01. The number of rotatable bonds is 4. The van der Waals surface area contributed by atoms with Gasteiger partial charge in [-0.25, -0.2) is 4.98 Å². The van der Waals surface area contributed by atoms with Crippen LogP contribution in [0.3, 0.4) is 0 Å². The molecule has 0 bridgehead atoms. The number of aromatic nitrogens is 2. The molecule has 0 amide bonds. The Balaban J connectivity index is 2.37. The van der Waals surface area contributed by atoms with Crippen molar-refractivity contribution in [3.8, 4) is 11.6 Å². The number of halogens is 2. The first kappa shape index (κ1) is 15.3. The molecule has 1 heterocycles. The smallest absolute Gasteiger partial charge is 0.227 e. The van der Waals surface area contributed by atoms with Crippen LogP contribution in [-0.2, 0) is 6.42 Å². The highest BCUT2D eigenvalue weighted by molar-refractivity contribution is 9.10. The fraction of sp³-hybridized carbons (Fsp3) is 0.333. The molecule has 2 rings (SSSR count). The molecule has 1 aromatic carbocycles. The third kappa shape index (κ3) is 3.49. The van der Waals surface area contributed by atoms with E-state index in [1.807, 2.05) is 32.0 Å². The lowest BCUT2D eigenvalue weighted by Gasteiger charge is -2.11. The van der Waals surface area contributed by atoms with Crippen molar-refractivity contribution in [2.45, 2.75) is 33.6 Å². The maximum Gasteiger partial charge on any atom is 0.227 e. The van der Waals surface area contributed by atoms with Crippen LogP contribution >= 0.6 is 27.5 Å². The second-order valence-electron chi connectivity index (χ2n) is 4.65. The highest BCUT2D eigenvalue weighted by Crippen LogP contribution is 2.32. The van der Waals surface area contributed by atoms with Crippen molar-refractivity contribution < 1.29 is 4.74 Å². The van der Waals surface area contributed by atoms with E-state index in [9.17, 15) is 0 Å². The summed E-state index contributed by atoms with van der Waals surface area (Å²) in [5.41, 5.74) is 1.91. The van der Waals surface area contributed by atoms with Crippen LogP contribution < -0.4 is 4.74 Å². The quantitative estimate of drug-likeness (QED) is 0.702. The van der Waals surface area contributed by atoms with E-state index < -0.39 is 0 Å². The Labute approximate surface area is 132 Å². The average Bonchev–Trinajstić information content (AvgIpc) is 2.39. The number of nitrogens with zero attached hydrogens (tertiary/aromatic N) is 2. The third-order valence-electron chi connectivity index (χ3n) is 2.86. The number of benzene rings is 1. The molecule has 0 saturated heterocycles. The Kier molecular flexibility index (Phi) is 5.00. The number of aryl methyl sites for hydroxylation is 2. The molecule has 0 fully saturated rings. The molecule has 0 aliphatic rings. The Morgan fingerprint density at radius 1 is 1.25 bits per heavy atom.